The lowest BCUT2D eigenvalue weighted by Crippen LogP contribution is -2.19. The van der Waals surface area contributed by atoms with E-state index in [1.165, 1.54) is 32.1 Å². The summed E-state index contributed by atoms with van der Waals surface area (Å²) in [4.78, 5) is 0. The van der Waals surface area contributed by atoms with E-state index in [0.717, 1.165) is 5.92 Å². The van der Waals surface area contributed by atoms with Crippen LogP contribution in [0.2, 0.25) is 0 Å². The molecule has 3 rings (SSSR count). The molecule has 0 heterocycles. The van der Waals surface area contributed by atoms with Crippen molar-refractivity contribution < 1.29 is 0 Å². The molecule has 67 valence electrons. The Labute approximate surface area is 80.0 Å². The standard InChI is InChI=1S/C13H15/c1-2-4-12(5-3-1)13-8-6-11(10-13)7-9-13/h1-2,4-5,11H,6-10H2. The monoisotopic (exact) mass is 171 g/mol. The molecular formula is C13H15. The van der Waals surface area contributed by atoms with Gasteiger partial charge in [0, 0.05) is 0 Å². The first kappa shape index (κ1) is 7.61. The van der Waals surface area contributed by atoms with E-state index < -0.39 is 0 Å². The Hall–Kier alpha value is -0.780. The summed E-state index contributed by atoms with van der Waals surface area (Å²) in [5, 5.41) is 0. The van der Waals surface area contributed by atoms with Crippen molar-refractivity contribution in [2.45, 2.75) is 37.5 Å². The highest BCUT2D eigenvalue weighted by atomic mass is 14.5. The zero-order valence-corrected chi connectivity index (χ0v) is 7.92. The lowest BCUT2D eigenvalue weighted by Gasteiger charge is -2.26. The maximum atomic E-state index is 3.22. The Bertz CT molecular complexity index is 291. The van der Waals surface area contributed by atoms with Gasteiger partial charge in [0.15, 0.2) is 0 Å². The predicted molar refractivity (Wildman–Crippen MR) is 53.5 cm³/mol. The highest BCUT2D eigenvalue weighted by molar-refractivity contribution is 5.28. The fourth-order valence-electron chi connectivity index (χ4n) is 3.32. The smallest absolute Gasteiger partial charge is 0.00439 e. The van der Waals surface area contributed by atoms with Crippen LogP contribution in [-0.2, 0) is 5.41 Å². The van der Waals surface area contributed by atoms with E-state index in [0.29, 0.717) is 5.41 Å². The van der Waals surface area contributed by atoms with Crippen molar-refractivity contribution in [1.29, 1.82) is 0 Å². The van der Waals surface area contributed by atoms with Crippen LogP contribution >= 0.6 is 0 Å². The summed E-state index contributed by atoms with van der Waals surface area (Å²) in [5.41, 5.74) is 2.12. The van der Waals surface area contributed by atoms with E-state index >= 15 is 0 Å². The largest absolute Gasteiger partial charge is 0.0614 e. The van der Waals surface area contributed by atoms with E-state index in [-0.39, 0.29) is 0 Å². The molecule has 0 spiro atoms. The molecule has 1 radical (unpaired) electrons. The number of rotatable bonds is 1. The molecule has 0 amide bonds. The topological polar surface area (TPSA) is 0 Å². The van der Waals surface area contributed by atoms with Gasteiger partial charge in [0.05, 0.1) is 0 Å². The van der Waals surface area contributed by atoms with Gasteiger partial charge >= 0.3 is 0 Å². The molecular weight excluding hydrogens is 156 g/mol. The Balaban J connectivity index is 2.00. The van der Waals surface area contributed by atoms with Crippen LogP contribution in [0.15, 0.2) is 24.3 Å². The fourth-order valence-corrected chi connectivity index (χ4v) is 3.32. The molecule has 1 aromatic rings. The third kappa shape index (κ3) is 1.04. The first-order chi connectivity index (χ1) is 6.39. The minimum Gasteiger partial charge on any atom is -0.0614 e. The van der Waals surface area contributed by atoms with Gasteiger partial charge in [-0.3, -0.25) is 0 Å². The van der Waals surface area contributed by atoms with Crippen molar-refractivity contribution in [2.75, 3.05) is 0 Å². The van der Waals surface area contributed by atoms with Crippen LogP contribution in [-0.4, -0.2) is 0 Å². The molecule has 0 saturated heterocycles. The highest BCUT2D eigenvalue weighted by Crippen LogP contribution is 2.55. The van der Waals surface area contributed by atoms with E-state index in [1.54, 1.807) is 5.56 Å². The number of hydrogen-bond acceptors (Lipinski definition) is 0. The van der Waals surface area contributed by atoms with Crippen molar-refractivity contribution in [3.8, 4) is 0 Å². The quantitative estimate of drug-likeness (QED) is 0.608. The van der Waals surface area contributed by atoms with Gasteiger partial charge in [-0.1, -0.05) is 24.3 Å². The van der Waals surface area contributed by atoms with Gasteiger partial charge in [0.1, 0.15) is 0 Å². The number of benzene rings is 1. The number of fused-ring (bicyclic) bond motifs is 2. The normalized spacial score (nSPS) is 36.8. The maximum absolute atomic E-state index is 3.22. The minimum atomic E-state index is 0.572. The predicted octanol–water partition coefficient (Wildman–Crippen LogP) is 3.32. The molecule has 2 aliphatic rings. The molecule has 0 nitrogen and oxygen atoms in total. The van der Waals surface area contributed by atoms with Crippen LogP contribution in [0.4, 0.5) is 0 Å². The Morgan fingerprint density at radius 2 is 2.15 bits per heavy atom. The minimum absolute atomic E-state index is 0.572. The van der Waals surface area contributed by atoms with Crippen LogP contribution in [0.1, 0.15) is 37.7 Å². The Morgan fingerprint density at radius 1 is 1.31 bits per heavy atom. The highest BCUT2D eigenvalue weighted by Gasteiger charge is 2.45. The molecule has 0 heteroatoms. The Morgan fingerprint density at radius 3 is 2.69 bits per heavy atom. The average Bonchev–Trinajstić information content (AvgIpc) is 2.80. The van der Waals surface area contributed by atoms with Gasteiger partial charge in [-0.05, 0) is 55.1 Å². The van der Waals surface area contributed by atoms with Gasteiger partial charge in [0.25, 0.3) is 0 Å². The molecule has 0 unspecified atom stereocenters. The summed E-state index contributed by atoms with van der Waals surface area (Å²) < 4.78 is 0. The van der Waals surface area contributed by atoms with E-state index in [1.807, 2.05) is 6.07 Å². The second-order valence-corrected chi connectivity index (χ2v) is 4.72. The first-order valence-corrected chi connectivity index (χ1v) is 5.36. The second-order valence-electron chi connectivity index (χ2n) is 4.72. The summed E-state index contributed by atoms with van der Waals surface area (Å²) in [5.74, 6) is 1.04. The van der Waals surface area contributed by atoms with Crippen molar-refractivity contribution in [1.82, 2.24) is 0 Å². The molecule has 0 atom stereocenters. The van der Waals surface area contributed by atoms with Crippen LogP contribution in [0.25, 0.3) is 0 Å². The zero-order chi connectivity index (χ0) is 8.73. The van der Waals surface area contributed by atoms with Gasteiger partial charge in [-0.15, -0.1) is 0 Å². The van der Waals surface area contributed by atoms with Gasteiger partial charge < -0.3 is 0 Å². The van der Waals surface area contributed by atoms with Crippen molar-refractivity contribution >= 4 is 0 Å². The van der Waals surface area contributed by atoms with Gasteiger partial charge in [0.2, 0.25) is 0 Å². The summed E-state index contributed by atoms with van der Waals surface area (Å²) in [7, 11) is 0. The van der Waals surface area contributed by atoms with Crippen LogP contribution in [0.3, 0.4) is 0 Å². The molecule has 13 heavy (non-hydrogen) atoms. The SMILES string of the molecule is [c]1cccc(C23CCC(CC2)C3)c1. The third-order valence-corrected chi connectivity index (χ3v) is 4.06. The molecule has 2 bridgehead atoms. The molecule has 2 saturated carbocycles. The summed E-state index contributed by atoms with van der Waals surface area (Å²) in [6.07, 6.45) is 7.24. The van der Waals surface area contributed by atoms with Crippen molar-refractivity contribution in [3.05, 3.63) is 35.9 Å². The molecule has 0 aliphatic heterocycles. The van der Waals surface area contributed by atoms with Crippen molar-refractivity contribution in [3.63, 3.8) is 0 Å². The van der Waals surface area contributed by atoms with E-state index in [2.05, 4.69) is 24.3 Å². The summed E-state index contributed by atoms with van der Waals surface area (Å²) in [6.45, 7) is 0. The lowest BCUT2D eigenvalue weighted by atomic mass is 9.78. The van der Waals surface area contributed by atoms with E-state index in [9.17, 15) is 0 Å². The summed E-state index contributed by atoms with van der Waals surface area (Å²) in [6, 6.07) is 11.8. The summed E-state index contributed by atoms with van der Waals surface area (Å²) >= 11 is 0. The fraction of sp³-hybridized carbons (Fsp3) is 0.538. The first-order valence-electron chi connectivity index (χ1n) is 5.36. The molecule has 1 aromatic carbocycles. The van der Waals surface area contributed by atoms with E-state index in [4.69, 9.17) is 0 Å². The van der Waals surface area contributed by atoms with Gasteiger partial charge in [-0.2, -0.15) is 0 Å². The van der Waals surface area contributed by atoms with Crippen LogP contribution < -0.4 is 0 Å². The van der Waals surface area contributed by atoms with Crippen LogP contribution in [0.5, 0.6) is 0 Å². The zero-order valence-electron chi connectivity index (χ0n) is 7.92. The second kappa shape index (κ2) is 2.60. The van der Waals surface area contributed by atoms with Gasteiger partial charge in [-0.25, -0.2) is 0 Å². The number of hydrogen-bond donors (Lipinski definition) is 0. The lowest BCUT2D eigenvalue weighted by molar-refractivity contribution is 0.419. The van der Waals surface area contributed by atoms with Crippen LogP contribution in [0, 0.1) is 12.0 Å². The molecule has 2 aliphatic carbocycles. The third-order valence-electron chi connectivity index (χ3n) is 4.06. The molecule has 0 aromatic heterocycles. The maximum Gasteiger partial charge on any atom is -0.00439 e. The van der Waals surface area contributed by atoms with Crippen molar-refractivity contribution in [2.24, 2.45) is 5.92 Å². The molecule has 0 N–H and O–H groups in total. The molecule has 2 fully saturated rings. The Kier molecular flexibility index (Phi) is 1.52. The average molecular weight is 171 g/mol.